The first-order valence-electron chi connectivity index (χ1n) is 12.8. The van der Waals surface area contributed by atoms with Crippen molar-refractivity contribution < 1.29 is 19.4 Å². The Bertz CT molecular complexity index is 1550. The molecule has 1 N–H and O–H groups in total. The average Bonchev–Trinajstić information content (AvgIpc) is 3.35. The first-order chi connectivity index (χ1) is 17.7. The fourth-order valence-electron chi connectivity index (χ4n) is 5.16. The molecule has 37 heavy (non-hydrogen) atoms. The van der Waals surface area contributed by atoms with Crippen molar-refractivity contribution in [2.24, 2.45) is 10.4 Å². The van der Waals surface area contributed by atoms with Crippen LogP contribution in [0.15, 0.2) is 64.9 Å². The highest BCUT2D eigenvalue weighted by Gasteiger charge is 2.41. The molecule has 5 rings (SSSR count). The van der Waals surface area contributed by atoms with Crippen LogP contribution in [0.3, 0.4) is 0 Å². The lowest BCUT2D eigenvalue weighted by Gasteiger charge is -2.24. The summed E-state index contributed by atoms with van der Waals surface area (Å²) in [5.74, 6) is -0.332. The van der Waals surface area contributed by atoms with E-state index in [1.54, 1.807) is 0 Å². The van der Waals surface area contributed by atoms with Crippen molar-refractivity contribution in [2.45, 2.75) is 54.0 Å². The maximum Gasteiger partial charge on any atom is 0.311 e. The van der Waals surface area contributed by atoms with E-state index in [1.807, 2.05) is 83.1 Å². The normalized spacial score (nSPS) is 17.2. The zero-order valence-corrected chi connectivity index (χ0v) is 22.0. The van der Waals surface area contributed by atoms with Gasteiger partial charge >= 0.3 is 5.97 Å². The molecule has 1 aliphatic heterocycles. The molecule has 190 valence electrons. The molecule has 0 bridgehead atoms. The Balaban J connectivity index is 1.49. The van der Waals surface area contributed by atoms with Gasteiger partial charge in [0, 0.05) is 45.6 Å². The maximum absolute atomic E-state index is 13.6. The lowest BCUT2D eigenvalue weighted by Crippen LogP contribution is -2.26. The number of hydrogen-bond acceptors (Lipinski definition) is 5. The zero-order chi connectivity index (χ0) is 26.5. The van der Waals surface area contributed by atoms with Crippen molar-refractivity contribution >= 4 is 45.2 Å². The van der Waals surface area contributed by atoms with Gasteiger partial charge in [-0.3, -0.25) is 14.6 Å². The number of aliphatic hydroxyl groups is 1. The fraction of sp³-hybridized carbons (Fsp3) is 0.323. The Labute approximate surface area is 217 Å². The topological polar surface area (TPSA) is 80.9 Å². The van der Waals surface area contributed by atoms with Gasteiger partial charge in [0.05, 0.1) is 28.9 Å². The SMILES string of the molecule is CCC(C)(C)C(=O)OCCCn1c(C)c(C2=C(O)/C(=C3/C(C)=Nc4ccccc43)C2=O)c2ccccc21. The van der Waals surface area contributed by atoms with Gasteiger partial charge in [0.1, 0.15) is 5.76 Å². The Morgan fingerprint density at radius 2 is 1.73 bits per heavy atom. The molecule has 0 saturated carbocycles. The van der Waals surface area contributed by atoms with E-state index in [1.165, 1.54) is 0 Å². The van der Waals surface area contributed by atoms with Crippen LogP contribution in [-0.4, -0.2) is 33.7 Å². The van der Waals surface area contributed by atoms with Gasteiger partial charge in [-0.25, -0.2) is 0 Å². The second-order valence-electron chi connectivity index (χ2n) is 10.4. The number of hydrogen-bond donors (Lipinski definition) is 1. The molecule has 6 heteroatoms. The predicted octanol–water partition coefficient (Wildman–Crippen LogP) is 6.73. The first-order valence-corrected chi connectivity index (χ1v) is 12.8. The number of ether oxygens (including phenoxy) is 1. The molecule has 0 unspecified atom stereocenters. The van der Waals surface area contributed by atoms with Gasteiger partial charge in [0.25, 0.3) is 0 Å². The molecule has 2 heterocycles. The number of nitrogens with zero attached hydrogens (tertiary/aromatic N) is 2. The van der Waals surface area contributed by atoms with Crippen LogP contribution in [0.1, 0.15) is 57.4 Å². The molecule has 0 saturated heterocycles. The number of rotatable bonds is 7. The van der Waals surface area contributed by atoms with Gasteiger partial charge in [0.15, 0.2) is 0 Å². The van der Waals surface area contributed by atoms with Crippen LogP contribution in [0.2, 0.25) is 0 Å². The second-order valence-corrected chi connectivity index (χ2v) is 10.4. The molecular weight excluding hydrogens is 464 g/mol. The number of esters is 1. The number of fused-ring (bicyclic) bond motifs is 2. The third kappa shape index (κ3) is 3.91. The molecule has 1 aromatic heterocycles. The summed E-state index contributed by atoms with van der Waals surface area (Å²) in [7, 11) is 0. The molecule has 2 aromatic carbocycles. The fourth-order valence-corrected chi connectivity index (χ4v) is 5.16. The predicted molar refractivity (Wildman–Crippen MR) is 147 cm³/mol. The summed E-state index contributed by atoms with van der Waals surface area (Å²) >= 11 is 0. The van der Waals surface area contributed by atoms with Crippen molar-refractivity contribution in [2.75, 3.05) is 6.61 Å². The van der Waals surface area contributed by atoms with Crippen LogP contribution in [-0.2, 0) is 20.9 Å². The number of aryl methyl sites for hydroxylation is 1. The lowest BCUT2D eigenvalue weighted by molar-refractivity contribution is -0.154. The molecule has 0 atom stereocenters. The molecular formula is C31H32N2O4. The highest BCUT2D eigenvalue weighted by Crippen LogP contribution is 2.47. The molecule has 1 aliphatic carbocycles. The summed E-state index contributed by atoms with van der Waals surface area (Å²) in [6.07, 6.45) is 1.36. The molecule has 0 spiro atoms. The van der Waals surface area contributed by atoms with Crippen LogP contribution in [0, 0.1) is 12.3 Å². The average molecular weight is 497 g/mol. The summed E-state index contributed by atoms with van der Waals surface area (Å²) in [5, 5.41) is 12.2. The van der Waals surface area contributed by atoms with Crippen molar-refractivity contribution in [1.82, 2.24) is 4.57 Å². The number of aliphatic imine (C=N–C) groups is 1. The van der Waals surface area contributed by atoms with Gasteiger partial charge in [-0.2, -0.15) is 0 Å². The Morgan fingerprint density at radius 3 is 2.46 bits per heavy atom. The summed E-state index contributed by atoms with van der Waals surface area (Å²) < 4.78 is 7.67. The third-order valence-electron chi connectivity index (χ3n) is 7.68. The second kappa shape index (κ2) is 9.18. The summed E-state index contributed by atoms with van der Waals surface area (Å²) in [4.78, 5) is 30.5. The van der Waals surface area contributed by atoms with Crippen LogP contribution in [0.5, 0.6) is 0 Å². The molecule has 0 fully saturated rings. The van der Waals surface area contributed by atoms with Crippen molar-refractivity contribution in [3.8, 4) is 0 Å². The molecule has 6 nitrogen and oxygen atoms in total. The standard InChI is InChI=1S/C31H32N2O4/c1-6-31(4,5)30(36)37-17-11-16-33-19(3)25(21-13-8-10-15-23(21)33)27-28(34)26(29(27)35)24-18(2)32-22-14-9-7-12-20(22)24/h7-10,12-15,34H,6,11,16-17H2,1-5H3/b26-24+. The summed E-state index contributed by atoms with van der Waals surface area (Å²) in [6, 6.07) is 15.6. The van der Waals surface area contributed by atoms with E-state index in [-0.39, 0.29) is 17.5 Å². The minimum Gasteiger partial charge on any atom is -0.506 e. The number of ketones is 1. The van der Waals surface area contributed by atoms with Gasteiger partial charge in [-0.15, -0.1) is 0 Å². The van der Waals surface area contributed by atoms with E-state index in [2.05, 4.69) is 9.56 Å². The largest absolute Gasteiger partial charge is 0.506 e. The van der Waals surface area contributed by atoms with Crippen LogP contribution in [0.4, 0.5) is 5.69 Å². The molecule has 0 amide bonds. The Morgan fingerprint density at radius 1 is 1.03 bits per heavy atom. The van der Waals surface area contributed by atoms with Crippen molar-refractivity contribution in [3.05, 3.63) is 76.7 Å². The maximum atomic E-state index is 13.6. The number of carbonyl (C=O) groups excluding carboxylic acids is 2. The lowest BCUT2D eigenvalue weighted by atomic mass is 9.78. The third-order valence-corrected chi connectivity index (χ3v) is 7.68. The number of para-hydroxylation sites is 2. The Hall–Kier alpha value is -3.93. The number of Topliss-reactive ketones (excluding diaryl/α,β-unsaturated/α-hetero) is 1. The monoisotopic (exact) mass is 496 g/mol. The van der Waals surface area contributed by atoms with Gasteiger partial charge in [0.2, 0.25) is 5.78 Å². The minimum atomic E-state index is -0.493. The molecule has 3 aromatic rings. The highest BCUT2D eigenvalue weighted by molar-refractivity contribution is 6.47. The van der Waals surface area contributed by atoms with Gasteiger partial charge < -0.3 is 14.4 Å². The first kappa shape index (κ1) is 24.8. The number of allylic oxidation sites excluding steroid dienone is 3. The van der Waals surface area contributed by atoms with E-state index in [0.29, 0.717) is 36.3 Å². The number of carbonyl (C=O) groups is 2. The van der Waals surface area contributed by atoms with E-state index in [9.17, 15) is 14.7 Å². The molecule has 0 radical (unpaired) electrons. The smallest absolute Gasteiger partial charge is 0.311 e. The van der Waals surface area contributed by atoms with Gasteiger partial charge in [-0.1, -0.05) is 43.3 Å². The van der Waals surface area contributed by atoms with Crippen LogP contribution >= 0.6 is 0 Å². The quantitative estimate of drug-likeness (QED) is 0.223. The highest BCUT2D eigenvalue weighted by atomic mass is 16.5. The van der Waals surface area contributed by atoms with E-state index >= 15 is 0 Å². The van der Waals surface area contributed by atoms with E-state index < -0.39 is 5.41 Å². The van der Waals surface area contributed by atoms with Crippen molar-refractivity contribution in [1.29, 1.82) is 0 Å². The van der Waals surface area contributed by atoms with Crippen molar-refractivity contribution in [3.63, 3.8) is 0 Å². The molecule has 2 aliphatic rings. The summed E-state index contributed by atoms with van der Waals surface area (Å²) in [6.45, 7) is 10.5. The number of aliphatic hydroxyl groups excluding tert-OH is 1. The Kier molecular flexibility index (Phi) is 6.14. The van der Waals surface area contributed by atoms with Gasteiger partial charge in [-0.05, 0) is 52.7 Å². The van der Waals surface area contributed by atoms with E-state index in [4.69, 9.17) is 4.74 Å². The number of aromatic nitrogens is 1. The summed E-state index contributed by atoms with van der Waals surface area (Å²) in [5.41, 5.74) is 5.95. The minimum absolute atomic E-state index is 0.0213. The van der Waals surface area contributed by atoms with E-state index in [0.717, 1.165) is 45.5 Å². The van der Waals surface area contributed by atoms with Crippen LogP contribution < -0.4 is 0 Å². The zero-order valence-electron chi connectivity index (χ0n) is 22.0. The number of benzene rings is 2. The van der Waals surface area contributed by atoms with Crippen LogP contribution in [0.25, 0.3) is 22.0 Å².